The lowest BCUT2D eigenvalue weighted by Gasteiger charge is -2.07. The lowest BCUT2D eigenvalue weighted by Crippen LogP contribution is -1.93. The Morgan fingerprint density at radius 1 is 1.35 bits per heavy atom. The van der Waals surface area contributed by atoms with Crippen LogP contribution in [-0.2, 0) is 6.42 Å². The molecule has 1 aromatic heterocycles. The first kappa shape index (κ1) is 13.3. The maximum absolute atomic E-state index is 13.0. The third-order valence-corrected chi connectivity index (χ3v) is 5.38. The van der Waals surface area contributed by atoms with Crippen molar-refractivity contribution in [2.45, 2.75) is 11.8 Å². The summed E-state index contributed by atoms with van der Waals surface area (Å²) in [5.74, 6) is -0.239. The molecule has 0 aliphatic heterocycles. The second-order valence-corrected chi connectivity index (χ2v) is 6.91. The Kier molecular flexibility index (Phi) is 4.47. The SMILES string of the molecule is Fc1cccc(CC(Cl)c2cc(Cl)c(Br)s2)c1. The zero-order valence-electron chi connectivity index (χ0n) is 8.59. The van der Waals surface area contributed by atoms with Crippen LogP contribution >= 0.6 is 50.5 Å². The number of halogens is 4. The van der Waals surface area contributed by atoms with E-state index in [9.17, 15) is 4.39 Å². The third kappa shape index (κ3) is 3.44. The molecule has 0 spiro atoms. The van der Waals surface area contributed by atoms with E-state index in [4.69, 9.17) is 23.2 Å². The topological polar surface area (TPSA) is 0 Å². The van der Waals surface area contributed by atoms with Gasteiger partial charge in [0.2, 0.25) is 0 Å². The van der Waals surface area contributed by atoms with Gasteiger partial charge >= 0.3 is 0 Å². The molecule has 1 unspecified atom stereocenters. The van der Waals surface area contributed by atoms with E-state index >= 15 is 0 Å². The highest BCUT2D eigenvalue weighted by molar-refractivity contribution is 9.11. The van der Waals surface area contributed by atoms with E-state index in [0.29, 0.717) is 11.4 Å². The van der Waals surface area contributed by atoms with Crippen molar-refractivity contribution in [3.63, 3.8) is 0 Å². The number of hydrogen-bond acceptors (Lipinski definition) is 1. The standard InChI is InChI=1S/C12H8BrCl2FS/c13-12-10(15)6-11(17-12)9(14)5-7-2-1-3-8(16)4-7/h1-4,6,9H,5H2. The summed E-state index contributed by atoms with van der Waals surface area (Å²) in [6, 6.07) is 8.31. The first-order valence-electron chi connectivity index (χ1n) is 4.89. The fourth-order valence-corrected chi connectivity index (χ4v) is 3.59. The van der Waals surface area contributed by atoms with E-state index in [1.807, 2.05) is 12.1 Å². The van der Waals surface area contributed by atoms with Gasteiger partial charge < -0.3 is 0 Å². The Balaban J connectivity index is 2.14. The smallest absolute Gasteiger partial charge is 0.123 e. The molecule has 0 saturated heterocycles. The van der Waals surface area contributed by atoms with Crippen LogP contribution in [0.4, 0.5) is 4.39 Å². The zero-order chi connectivity index (χ0) is 12.4. The first-order chi connectivity index (χ1) is 8.06. The fraction of sp³-hybridized carbons (Fsp3) is 0.167. The predicted molar refractivity (Wildman–Crippen MR) is 75.7 cm³/mol. The minimum atomic E-state index is -0.239. The molecule has 5 heteroatoms. The zero-order valence-corrected chi connectivity index (χ0v) is 12.5. The molecule has 0 radical (unpaired) electrons. The molecule has 0 nitrogen and oxygen atoms in total. The summed E-state index contributed by atoms with van der Waals surface area (Å²) in [6.45, 7) is 0. The van der Waals surface area contributed by atoms with E-state index in [1.54, 1.807) is 6.07 Å². The number of hydrogen-bond donors (Lipinski definition) is 0. The number of benzene rings is 1. The van der Waals surface area contributed by atoms with Gasteiger partial charge in [0.25, 0.3) is 0 Å². The average Bonchev–Trinajstić information content (AvgIpc) is 2.59. The van der Waals surface area contributed by atoms with Crippen LogP contribution in [-0.4, -0.2) is 0 Å². The second kappa shape index (κ2) is 5.70. The van der Waals surface area contributed by atoms with Crippen LogP contribution in [0.2, 0.25) is 5.02 Å². The molecular weight excluding hydrogens is 346 g/mol. The van der Waals surface area contributed by atoms with Gasteiger partial charge in [0.05, 0.1) is 14.2 Å². The fourth-order valence-electron chi connectivity index (χ4n) is 1.49. The summed E-state index contributed by atoms with van der Waals surface area (Å²) in [5.41, 5.74) is 0.880. The third-order valence-electron chi connectivity index (χ3n) is 2.28. The van der Waals surface area contributed by atoms with Crippen molar-refractivity contribution in [1.29, 1.82) is 0 Å². The van der Waals surface area contributed by atoms with Crippen LogP contribution in [0.15, 0.2) is 34.1 Å². The van der Waals surface area contributed by atoms with Gasteiger partial charge in [-0.25, -0.2) is 4.39 Å². The van der Waals surface area contributed by atoms with Crippen LogP contribution in [0.5, 0.6) is 0 Å². The molecule has 90 valence electrons. The van der Waals surface area contributed by atoms with E-state index in [-0.39, 0.29) is 11.2 Å². The van der Waals surface area contributed by atoms with Gasteiger partial charge in [0.15, 0.2) is 0 Å². The van der Waals surface area contributed by atoms with Gasteiger partial charge in [0.1, 0.15) is 5.82 Å². The molecule has 0 amide bonds. The highest BCUT2D eigenvalue weighted by Crippen LogP contribution is 2.38. The van der Waals surface area contributed by atoms with Crippen molar-refractivity contribution < 1.29 is 4.39 Å². The highest BCUT2D eigenvalue weighted by atomic mass is 79.9. The second-order valence-electron chi connectivity index (χ2n) is 3.57. The molecule has 0 fully saturated rings. The molecule has 0 aliphatic carbocycles. The Bertz CT molecular complexity index is 507. The number of thiophene rings is 1. The summed E-state index contributed by atoms with van der Waals surface area (Å²) < 4.78 is 13.9. The van der Waals surface area contributed by atoms with E-state index in [1.165, 1.54) is 23.5 Å². The summed E-state index contributed by atoms with van der Waals surface area (Å²) in [5, 5.41) is 0.473. The first-order valence-corrected chi connectivity index (χ1v) is 7.32. The van der Waals surface area contributed by atoms with E-state index < -0.39 is 0 Å². The summed E-state index contributed by atoms with van der Waals surface area (Å²) >= 11 is 17.1. The number of rotatable bonds is 3. The Morgan fingerprint density at radius 3 is 2.71 bits per heavy atom. The highest BCUT2D eigenvalue weighted by Gasteiger charge is 2.14. The van der Waals surface area contributed by atoms with Gasteiger partial charge in [-0.3, -0.25) is 0 Å². The quantitative estimate of drug-likeness (QED) is 0.609. The monoisotopic (exact) mass is 352 g/mol. The molecule has 0 bridgehead atoms. The van der Waals surface area contributed by atoms with Crippen molar-refractivity contribution >= 4 is 50.5 Å². The molecule has 0 aliphatic rings. The molecule has 2 aromatic rings. The van der Waals surface area contributed by atoms with Crippen molar-refractivity contribution in [2.75, 3.05) is 0 Å². The van der Waals surface area contributed by atoms with Crippen LogP contribution in [0.3, 0.4) is 0 Å². The minimum Gasteiger partial charge on any atom is -0.207 e. The van der Waals surface area contributed by atoms with Crippen LogP contribution in [0.1, 0.15) is 15.8 Å². The summed E-state index contributed by atoms with van der Waals surface area (Å²) in [7, 11) is 0. The molecular formula is C12H8BrCl2FS. The minimum absolute atomic E-state index is 0.189. The van der Waals surface area contributed by atoms with Crippen molar-refractivity contribution in [3.05, 3.63) is 55.4 Å². The predicted octanol–water partition coefficient (Wildman–Crippen LogP) is 5.83. The normalized spacial score (nSPS) is 12.7. The summed E-state index contributed by atoms with van der Waals surface area (Å²) in [4.78, 5) is 0.979. The largest absolute Gasteiger partial charge is 0.207 e. The lowest BCUT2D eigenvalue weighted by atomic mass is 10.1. The average molecular weight is 354 g/mol. The van der Waals surface area contributed by atoms with E-state index in [0.717, 1.165) is 14.2 Å². The van der Waals surface area contributed by atoms with Gasteiger partial charge in [-0.1, -0.05) is 23.7 Å². The molecule has 2 rings (SSSR count). The molecule has 17 heavy (non-hydrogen) atoms. The molecule has 1 heterocycles. The van der Waals surface area contributed by atoms with E-state index in [2.05, 4.69) is 15.9 Å². The van der Waals surface area contributed by atoms with Crippen LogP contribution in [0, 0.1) is 5.82 Å². The maximum Gasteiger partial charge on any atom is 0.123 e. The van der Waals surface area contributed by atoms with Crippen molar-refractivity contribution in [1.82, 2.24) is 0 Å². The summed E-state index contributed by atoms with van der Waals surface area (Å²) in [6.07, 6.45) is 0.586. The molecule has 1 aromatic carbocycles. The van der Waals surface area contributed by atoms with Gasteiger partial charge in [0, 0.05) is 4.88 Å². The van der Waals surface area contributed by atoms with Crippen molar-refractivity contribution in [2.24, 2.45) is 0 Å². The van der Waals surface area contributed by atoms with Gasteiger partial charge in [-0.15, -0.1) is 22.9 Å². The molecule has 0 N–H and O–H groups in total. The molecule has 1 atom stereocenters. The Morgan fingerprint density at radius 2 is 2.12 bits per heavy atom. The Hall–Kier alpha value is -0.0900. The van der Waals surface area contributed by atoms with Crippen LogP contribution in [0.25, 0.3) is 0 Å². The van der Waals surface area contributed by atoms with Gasteiger partial charge in [-0.05, 0) is 46.1 Å². The van der Waals surface area contributed by atoms with Crippen molar-refractivity contribution in [3.8, 4) is 0 Å². The maximum atomic E-state index is 13.0. The lowest BCUT2D eigenvalue weighted by molar-refractivity contribution is 0.625. The van der Waals surface area contributed by atoms with Crippen LogP contribution < -0.4 is 0 Å². The Labute approximate surface area is 121 Å². The number of alkyl halides is 1. The molecule has 0 saturated carbocycles. The van der Waals surface area contributed by atoms with Gasteiger partial charge in [-0.2, -0.15) is 0 Å².